The molecule has 1 unspecified atom stereocenters. The van der Waals surface area contributed by atoms with E-state index in [0.717, 1.165) is 0 Å². The van der Waals surface area contributed by atoms with E-state index in [4.69, 9.17) is 18.0 Å². The minimum atomic E-state index is -0.656. The van der Waals surface area contributed by atoms with Gasteiger partial charge in [0.1, 0.15) is 6.10 Å². The van der Waals surface area contributed by atoms with Crippen molar-refractivity contribution in [2.24, 2.45) is 0 Å². The van der Waals surface area contributed by atoms with Gasteiger partial charge in [0.05, 0.1) is 0 Å². The Kier molecular flexibility index (Phi) is 5.32. The van der Waals surface area contributed by atoms with Crippen molar-refractivity contribution in [3.05, 3.63) is 12.2 Å². The van der Waals surface area contributed by atoms with Crippen molar-refractivity contribution in [3.63, 3.8) is 0 Å². The third kappa shape index (κ3) is 5.50. The number of allylic oxidation sites excluding steroid dienone is 1. The largest absolute Gasteiger partial charge is 0.449 e. The number of carbonyl (C=O) groups excluding carboxylic acids is 1. The highest BCUT2D eigenvalue weighted by atomic mass is 35.5. The van der Waals surface area contributed by atoms with Gasteiger partial charge in [0.25, 0.3) is 0 Å². The molecule has 0 heterocycles. The Morgan fingerprint density at radius 3 is 3.00 bits per heavy atom. The summed E-state index contributed by atoms with van der Waals surface area (Å²) in [5.74, 6) is 1.59. The molecule has 0 saturated heterocycles. The monoisotopic (exact) mass is 172 g/mol. The minimum absolute atomic E-state index is 0.308. The van der Waals surface area contributed by atoms with Gasteiger partial charge in [-0.2, -0.15) is 0 Å². The first kappa shape index (κ1) is 10.1. The van der Waals surface area contributed by atoms with Gasteiger partial charge in [0.2, 0.25) is 0 Å². The predicted molar refractivity (Wildman–Crippen MR) is 44.2 cm³/mol. The number of ether oxygens (including phenoxy) is 1. The smallest absolute Gasteiger partial charge is 0.384 e. The summed E-state index contributed by atoms with van der Waals surface area (Å²) in [7, 11) is 0. The summed E-state index contributed by atoms with van der Waals surface area (Å²) in [6, 6.07) is 0. The Bertz CT molecular complexity index is 191. The Balaban J connectivity index is 3.71. The number of carbonyl (C=O) groups is 1. The zero-order valence-corrected chi connectivity index (χ0v) is 6.97. The quantitative estimate of drug-likeness (QED) is 0.211. The first-order valence-corrected chi connectivity index (χ1v) is 3.64. The van der Waals surface area contributed by atoms with Crippen LogP contribution in [-0.2, 0) is 9.53 Å². The molecule has 0 aliphatic rings. The summed E-state index contributed by atoms with van der Waals surface area (Å²) in [6.45, 7) is 1.71. The normalized spacial score (nSPS) is 12.5. The van der Waals surface area contributed by atoms with Gasteiger partial charge < -0.3 is 4.74 Å². The van der Waals surface area contributed by atoms with Gasteiger partial charge in [-0.3, -0.25) is 0 Å². The second-order valence-electron chi connectivity index (χ2n) is 1.84. The molecule has 0 N–H and O–H groups in total. The van der Waals surface area contributed by atoms with Crippen LogP contribution in [0.2, 0.25) is 0 Å². The van der Waals surface area contributed by atoms with Crippen LogP contribution < -0.4 is 0 Å². The molecule has 3 heteroatoms. The average Bonchev–Trinajstić information content (AvgIpc) is 2.00. The minimum Gasteiger partial charge on any atom is -0.449 e. The molecule has 0 bridgehead atoms. The van der Waals surface area contributed by atoms with E-state index >= 15 is 0 Å². The lowest BCUT2D eigenvalue weighted by Gasteiger charge is -2.03. The van der Waals surface area contributed by atoms with Crippen molar-refractivity contribution in [1.82, 2.24) is 0 Å². The van der Waals surface area contributed by atoms with Crippen LogP contribution in [0.15, 0.2) is 12.2 Å². The molecule has 0 aliphatic heterocycles. The number of alkyl halides is 1. The molecule has 0 radical (unpaired) electrons. The Morgan fingerprint density at radius 1 is 1.91 bits per heavy atom. The highest BCUT2D eigenvalue weighted by Gasteiger charge is 2.00. The number of rotatable bonds is 3. The Morgan fingerprint density at radius 2 is 2.55 bits per heavy atom. The first-order valence-electron chi connectivity index (χ1n) is 3.10. The fourth-order valence-electron chi connectivity index (χ4n) is 0.485. The Hall–Kier alpha value is -0.940. The maximum Gasteiger partial charge on any atom is 0.384 e. The van der Waals surface area contributed by atoms with Gasteiger partial charge in [-0.15, -0.1) is 18.0 Å². The second-order valence-corrected chi connectivity index (χ2v) is 2.15. The number of halogens is 1. The van der Waals surface area contributed by atoms with E-state index in [1.54, 1.807) is 19.1 Å². The molecular weight excluding hydrogens is 164 g/mol. The molecule has 0 saturated carbocycles. The molecule has 0 aromatic rings. The van der Waals surface area contributed by atoms with E-state index in [9.17, 15) is 4.79 Å². The SMILES string of the molecule is C#CC(=O)OC(C)/C=C/CCl. The van der Waals surface area contributed by atoms with Gasteiger partial charge in [-0.1, -0.05) is 6.08 Å². The van der Waals surface area contributed by atoms with Gasteiger partial charge in [0, 0.05) is 11.8 Å². The first-order chi connectivity index (χ1) is 5.20. The standard InChI is InChI=1S/C8H9ClO2/c1-3-8(10)11-7(2)5-4-6-9/h1,4-5,7H,6H2,2H3/b5-4+. The van der Waals surface area contributed by atoms with Crippen LogP contribution in [-0.4, -0.2) is 18.0 Å². The predicted octanol–water partition coefficient (Wildman–Crippen LogP) is 1.35. The summed E-state index contributed by atoms with van der Waals surface area (Å²) >= 11 is 5.35. The zero-order chi connectivity index (χ0) is 8.69. The molecule has 0 spiro atoms. The van der Waals surface area contributed by atoms with Crippen LogP contribution in [0.25, 0.3) is 0 Å². The molecule has 0 aromatic carbocycles. The van der Waals surface area contributed by atoms with Crippen molar-refractivity contribution in [3.8, 4) is 12.3 Å². The van der Waals surface area contributed by atoms with Crippen LogP contribution in [0, 0.1) is 12.3 Å². The van der Waals surface area contributed by atoms with Gasteiger partial charge in [-0.05, 0) is 13.0 Å². The van der Waals surface area contributed by atoms with Crippen molar-refractivity contribution < 1.29 is 9.53 Å². The van der Waals surface area contributed by atoms with Crippen LogP contribution >= 0.6 is 11.6 Å². The summed E-state index contributed by atoms with van der Waals surface area (Å²) < 4.78 is 4.68. The molecular formula is C8H9ClO2. The summed E-state index contributed by atoms with van der Waals surface area (Å²) in [5, 5.41) is 0. The van der Waals surface area contributed by atoms with Gasteiger partial charge in [-0.25, -0.2) is 4.79 Å². The second kappa shape index (κ2) is 5.82. The van der Waals surface area contributed by atoms with Gasteiger partial charge >= 0.3 is 5.97 Å². The molecule has 0 amide bonds. The molecule has 0 rings (SSSR count). The molecule has 2 nitrogen and oxygen atoms in total. The van der Waals surface area contributed by atoms with E-state index in [0.29, 0.717) is 5.88 Å². The van der Waals surface area contributed by atoms with Crippen LogP contribution in [0.3, 0.4) is 0 Å². The fourth-order valence-corrected chi connectivity index (χ4v) is 0.588. The number of esters is 1. The van der Waals surface area contributed by atoms with E-state index in [1.165, 1.54) is 0 Å². The average molecular weight is 173 g/mol. The topological polar surface area (TPSA) is 26.3 Å². The molecule has 0 fully saturated rings. The fraction of sp³-hybridized carbons (Fsp3) is 0.375. The molecule has 0 aliphatic carbocycles. The summed E-state index contributed by atoms with van der Waals surface area (Å²) in [4.78, 5) is 10.5. The van der Waals surface area contributed by atoms with Crippen molar-refractivity contribution in [1.29, 1.82) is 0 Å². The highest BCUT2D eigenvalue weighted by Crippen LogP contribution is 1.93. The lowest BCUT2D eigenvalue weighted by molar-refractivity contribution is -0.139. The van der Waals surface area contributed by atoms with Crippen LogP contribution in [0.1, 0.15) is 6.92 Å². The maximum atomic E-state index is 10.5. The third-order valence-electron chi connectivity index (χ3n) is 0.907. The van der Waals surface area contributed by atoms with Crippen LogP contribution in [0.5, 0.6) is 0 Å². The Labute approximate surface area is 71.2 Å². The molecule has 0 aromatic heterocycles. The number of terminal acetylenes is 1. The van der Waals surface area contributed by atoms with Crippen molar-refractivity contribution >= 4 is 17.6 Å². The van der Waals surface area contributed by atoms with Gasteiger partial charge in [0.15, 0.2) is 0 Å². The lowest BCUT2D eigenvalue weighted by atomic mass is 10.3. The summed E-state index contributed by atoms with van der Waals surface area (Å²) in [6.07, 6.45) is 7.83. The third-order valence-corrected chi connectivity index (χ3v) is 1.09. The number of hydrogen-bond acceptors (Lipinski definition) is 2. The molecule has 11 heavy (non-hydrogen) atoms. The van der Waals surface area contributed by atoms with E-state index < -0.39 is 5.97 Å². The molecule has 1 atom stereocenters. The lowest BCUT2D eigenvalue weighted by Crippen LogP contribution is -2.10. The number of hydrogen-bond donors (Lipinski definition) is 0. The van der Waals surface area contributed by atoms with E-state index in [2.05, 4.69) is 4.74 Å². The maximum absolute atomic E-state index is 10.5. The van der Waals surface area contributed by atoms with E-state index in [-0.39, 0.29) is 6.10 Å². The van der Waals surface area contributed by atoms with Crippen molar-refractivity contribution in [2.45, 2.75) is 13.0 Å². The van der Waals surface area contributed by atoms with Crippen LogP contribution in [0.4, 0.5) is 0 Å². The highest BCUT2D eigenvalue weighted by molar-refractivity contribution is 6.18. The molecule has 60 valence electrons. The van der Waals surface area contributed by atoms with E-state index in [1.807, 2.05) is 5.92 Å². The summed E-state index contributed by atoms with van der Waals surface area (Å²) in [5.41, 5.74) is 0. The zero-order valence-electron chi connectivity index (χ0n) is 6.21. The van der Waals surface area contributed by atoms with Crippen molar-refractivity contribution in [2.75, 3.05) is 5.88 Å².